The summed E-state index contributed by atoms with van der Waals surface area (Å²) in [6.07, 6.45) is 2.08. The van der Waals surface area contributed by atoms with E-state index >= 15 is 0 Å². The Hall–Kier alpha value is -2.11. The van der Waals surface area contributed by atoms with Crippen LogP contribution in [0.15, 0.2) is 18.2 Å². The van der Waals surface area contributed by atoms with Gasteiger partial charge in [0, 0.05) is 19.2 Å². The van der Waals surface area contributed by atoms with Crippen molar-refractivity contribution in [1.82, 2.24) is 0 Å². The molecule has 1 fully saturated rings. The Labute approximate surface area is 110 Å². The third kappa shape index (κ3) is 2.67. The highest BCUT2D eigenvalue weighted by molar-refractivity contribution is 5.89. The lowest BCUT2D eigenvalue weighted by Crippen LogP contribution is -2.20. The van der Waals surface area contributed by atoms with E-state index in [9.17, 15) is 14.9 Å². The van der Waals surface area contributed by atoms with E-state index in [1.807, 2.05) is 4.90 Å². The lowest BCUT2D eigenvalue weighted by atomic mass is 10.1. The van der Waals surface area contributed by atoms with Crippen molar-refractivity contribution in [3.63, 3.8) is 0 Å². The average molecular weight is 264 g/mol. The van der Waals surface area contributed by atoms with Gasteiger partial charge in [0.25, 0.3) is 5.69 Å². The van der Waals surface area contributed by atoms with Crippen molar-refractivity contribution in [1.29, 1.82) is 0 Å². The molecule has 1 aliphatic rings. The van der Waals surface area contributed by atoms with Crippen LogP contribution in [0.4, 0.5) is 11.4 Å². The summed E-state index contributed by atoms with van der Waals surface area (Å²) in [6, 6.07) is 4.10. The number of nitro benzene ring substituents is 1. The van der Waals surface area contributed by atoms with Crippen molar-refractivity contribution in [3.05, 3.63) is 33.9 Å². The van der Waals surface area contributed by atoms with E-state index in [0.29, 0.717) is 11.6 Å². The summed E-state index contributed by atoms with van der Waals surface area (Å²) in [5.74, 6) is -0.596. The molecule has 2 rings (SSSR count). The Kier molecular flexibility index (Phi) is 3.69. The van der Waals surface area contributed by atoms with E-state index in [4.69, 9.17) is 5.11 Å². The number of nitrogens with zero attached hydrogens (tertiary/aromatic N) is 2. The second-order valence-corrected chi connectivity index (χ2v) is 4.77. The highest BCUT2D eigenvalue weighted by atomic mass is 16.6. The maximum atomic E-state index is 11.1. The zero-order chi connectivity index (χ0) is 14.0. The quantitative estimate of drug-likeness (QED) is 0.667. The monoisotopic (exact) mass is 264 g/mol. The Morgan fingerprint density at radius 2 is 2.32 bits per heavy atom. The molecule has 1 N–H and O–H groups in total. The van der Waals surface area contributed by atoms with Crippen LogP contribution in [0.2, 0.25) is 0 Å². The van der Waals surface area contributed by atoms with Gasteiger partial charge < -0.3 is 10.0 Å². The van der Waals surface area contributed by atoms with Gasteiger partial charge >= 0.3 is 5.97 Å². The highest BCUT2D eigenvalue weighted by Gasteiger charge is 2.27. The molecule has 1 heterocycles. The molecule has 0 amide bonds. The molecule has 0 aromatic heterocycles. The Morgan fingerprint density at radius 3 is 2.84 bits per heavy atom. The van der Waals surface area contributed by atoms with E-state index in [0.717, 1.165) is 32.0 Å². The molecule has 19 heavy (non-hydrogen) atoms. The van der Waals surface area contributed by atoms with Gasteiger partial charge in [-0.25, -0.2) is 4.79 Å². The van der Waals surface area contributed by atoms with Crippen molar-refractivity contribution in [2.24, 2.45) is 5.92 Å². The third-order valence-corrected chi connectivity index (χ3v) is 3.62. The third-order valence-electron chi connectivity index (χ3n) is 3.62. The van der Waals surface area contributed by atoms with Gasteiger partial charge in [-0.1, -0.05) is 13.3 Å². The van der Waals surface area contributed by atoms with Crippen LogP contribution in [0.25, 0.3) is 0 Å². The maximum absolute atomic E-state index is 11.1. The number of rotatable bonds is 4. The van der Waals surface area contributed by atoms with Crippen LogP contribution in [-0.2, 0) is 0 Å². The molecule has 1 saturated heterocycles. The van der Waals surface area contributed by atoms with Crippen LogP contribution in [-0.4, -0.2) is 29.1 Å². The van der Waals surface area contributed by atoms with Gasteiger partial charge in [-0.05, 0) is 24.5 Å². The molecule has 6 nitrogen and oxygen atoms in total. The van der Waals surface area contributed by atoms with E-state index < -0.39 is 10.9 Å². The summed E-state index contributed by atoms with van der Waals surface area (Å²) in [7, 11) is 0. The number of anilines is 1. The van der Waals surface area contributed by atoms with Crippen LogP contribution in [0.1, 0.15) is 30.1 Å². The van der Waals surface area contributed by atoms with Gasteiger partial charge in [-0.2, -0.15) is 0 Å². The molecule has 0 aliphatic carbocycles. The minimum atomic E-state index is -1.15. The van der Waals surface area contributed by atoms with Crippen molar-refractivity contribution < 1.29 is 14.8 Å². The number of hydrogen-bond acceptors (Lipinski definition) is 4. The average Bonchev–Trinajstić information content (AvgIpc) is 2.86. The first kappa shape index (κ1) is 13.3. The molecule has 6 heteroatoms. The largest absolute Gasteiger partial charge is 0.478 e. The zero-order valence-electron chi connectivity index (χ0n) is 10.7. The highest BCUT2D eigenvalue weighted by Crippen LogP contribution is 2.33. The van der Waals surface area contributed by atoms with Gasteiger partial charge in [-0.15, -0.1) is 0 Å². The normalized spacial score (nSPS) is 18.6. The van der Waals surface area contributed by atoms with E-state index in [1.165, 1.54) is 6.07 Å². The fourth-order valence-corrected chi connectivity index (χ4v) is 2.45. The van der Waals surface area contributed by atoms with E-state index in [-0.39, 0.29) is 11.3 Å². The number of benzene rings is 1. The number of nitro groups is 1. The van der Waals surface area contributed by atoms with Crippen molar-refractivity contribution in [2.45, 2.75) is 19.8 Å². The Morgan fingerprint density at radius 1 is 1.58 bits per heavy atom. The fraction of sp³-hybridized carbons (Fsp3) is 0.462. The van der Waals surface area contributed by atoms with Crippen LogP contribution < -0.4 is 4.90 Å². The Balaban J connectivity index is 2.35. The lowest BCUT2D eigenvalue weighted by Gasteiger charge is -2.18. The predicted molar refractivity (Wildman–Crippen MR) is 70.7 cm³/mol. The molecular weight excluding hydrogens is 248 g/mol. The number of carbonyl (C=O) groups is 1. The summed E-state index contributed by atoms with van der Waals surface area (Å²) in [6.45, 7) is 3.69. The number of carboxylic acid groups (broad SMARTS) is 1. The SMILES string of the molecule is CCC1CCN(c2ccc(C(=O)O)cc2[N+](=O)[O-])C1. The van der Waals surface area contributed by atoms with Crippen LogP contribution in [0.3, 0.4) is 0 Å². The van der Waals surface area contributed by atoms with E-state index in [1.54, 1.807) is 6.07 Å². The molecule has 1 aromatic carbocycles. The molecule has 0 spiro atoms. The van der Waals surface area contributed by atoms with Crippen molar-refractivity contribution in [3.8, 4) is 0 Å². The molecule has 0 bridgehead atoms. The smallest absolute Gasteiger partial charge is 0.335 e. The second kappa shape index (κ2) is 5.26. The zero-order valence-corrected chi connectivity index (χ0v) is 10.7. The van der Waals surface area contributed by atoms with E-state index in [2.05, 4.69) is 6.92 Å². The molecule has 102 valence electrons. The molecule has 1 atom stereocenters. The minimum Gasteiger partial charge on any atom is -0.478 e. The standard InChI is InChI=1S/C13H16N2O4/c1-2-9-5-6-14(8-9)11-4-3-10(13(16)17)7-12(11)15(18)19/h3-4,7,9H,2,5-6,8H2,1H3,(H,16,17). The molecule has 0 saturated carbocycles. The first-order chi connectivity index (χ1) is 9.02. The van der Waals surface area contributed by atoms with Gasteiger partial charge in [0.05, 0.1) is 10.5 Å². The van der Waals surface area contributed by atoms with Gasteiger partial charge in [0.1, 0.15) is 5.69 Å². The number of hydrogen-bond donors (Lipinski definition) is 1. The predicted octanol–water partition coefficient (Wildman–Crippen LogP) is 2.53. The lowest BCUT2D eigenvalue weighted by molar-refractivity contribution is -0.384. The second-order valence-electron chi connectivity index (χ2n) is 4.77. The molecule has 0 radical (unpaired) electrons. The minimum absolute atomic E-state index is 0.0540. The Bertz CT molecular complexity index is 515. The van der Waals surface area contributed by atoms with Crippen LogP contribution in [0.5, 0.6) is 0 Å². The van der Waals surface area contributed by atoms with Crippen LogP contribution in [0, 0.1) is 16.0 Å². The first-order valence-corrected chi connectivity index (χ1v) is 6.29. The molecule has 1 aliphatic heterocycles. The summed E-state index contributed by atoms with van der Waals surface area (Å²) >= 11 is 0. The van der Waals surface area contributed by atoms with Gasteiger partial charge in [-0.3, -0.25) is 10.1 Å². The summed E-state index contributed by atoms with van der Waals surface area (Å²) in [5, 5.41) is 20.0. The maximum Gasteiger partial charge on any atom is 0.335 e. The summed E-state index contributed by atoms with van der Waals surface area (Å²) in [4.78, 5) is 23.4. The number of aromatic carboxylic acids is 1. The molecule has 1 unspecified atom stereocenters. The topological polar surface area (TPSA) is 83.7 Å². The number of carboxylic acids is 1. The van der Waals surface area contributed by atoms with Crippen molar-refractivity contribution >= 4 is 17.3 Å². The van der Waals surface area contributed by atoms with Gasteiger partial charge in [0.15, 0.2) is 0 Å². The fourth-order valence-electron chi connectivity index (χ4n) is 2.45. The van der Waals surface area contributed by atoms with Crippen molar-refractivity contribution in [2.75, 3.05) is 18.0 Å². The first-order valence-electron chi connectivity index (χ1n) is 6.29. The van der Waals surface area contributed by atoms with Gasteiger partial charge in [0.2, 0.25) is 0 Å². The molecular formula is C13H16N2O4. The summed E-state index contributed by atoms with van der Waals surface area (Å²) < 4.78 is 0. The molecule has 1 aromatic rings. The van der Waals surface area contributed by atoms with Crippen LogP contribution >= 0.6 is 0 Å². The summed E-state index contributed by atoms with van der Waals surface area (Å²) in [5.41, 5.74) is 0.337.